The number of hydrogen-bond acceptors (Lipinski definition) is 2. The maximum absolute atomic E-state index is 13.4. The molecule has 1 aliphatic carbocycles. The topological polar surface area (TPSA) is 38.3 Å². The molecule has 1 unspecified atom stereocenters. The van der Waals surface area contributed by atoms with Gasteiger partial charge in [0, 0.05) is 25.3 Å². The highest BCUT2D eigenvalue weighted by Crippen LogP contribution is 2.30. The Balaban J connectivity index is 1.91. The molecule has 0 aromatic heterocycles. The highest BCUT2D eigenvalue weighted by atomic mass is 19.3. The number of methoxy groups -OCH3 is 1. The summed E-state index contributed by atoms with van der Waals surface area (Å²) in [5.74, 6) is -2.53. The Morgan fingerprint density at radius 1 is 1.33 bits per heavy atom. The zero-order valence-electron chi connectivity index (χ0n) is 14.5. The molecule has 0 spiro atoms. The van der Waals surface area contributed by atoms with Crippen LogP contribution in [0.2, 0.25) is 0 Å². The summed E-state index contributed by atoms with van der Waals surface area (Å²) >= 11 is 0. The summed E-state index contributed by atoms with van der Waals surface area (Å²) in [5, 5.41) is 2.70. The second kappa shape index (κ2) is 8.56. The molecule has 0 saturated heterocycles. The summed E-state index contributed by atoms with van der Waals surface area (Å²) in [6, 6.07) is 5.80. The second-order valence-corrected chi connectivity index (χ2v) is 6.76. The smallest absolute Gasteiger partial charge is 0.270 e. The predicted molar refractivity (Wildman–Crippen MR) is 91.2 cm³/mol. The molecule has 1 atom stereocenters. The highest BCUT2D eigenvalue weighted by molar-refractivity contribution is 5.94. The molecule has 1 N–H and O–H groups in total. The molecule has 134 valence electrons. The standard InChI is InChI=1S/C19H27F2NO2/c1-19(20,21)15-9-6-10-16(13-15)22-18(23)17(24-2)12-11-14-7-4-3-5-8-14/h6,9-10,13-14,17H,3-5,7-8,11-12H2,1-2H3,(H,22,23). The van der Waals surface area contributed by atoms with E-state index in [2.05, 4.69) is 5.32 Å². The maximum atomic E-state index is 13.4. The molecule has 2 rings (SSSR count). The average Bonchev–Trinajstić information content (AvgIpc) is 2.56. The van der Waals surface area contributed by atoms with E-state index in [0.29, 0.717) is 18.0 Å². The van der Waals surface area contributed by atoms with Gasteiger partial charge in [-0.1, -0.05) is 44.2 Å². The molecule has 0 aliphatic heterocycles. The molecule has 1 saturated carbocycles. The van der Waals surface area contributed by atoms with Gasteiger partial charge in [-0.2, -0.15) is 0 Å². The normalized spacial score (nSPS) is 17.5. The van der Waals surface area contributed by atoms with Crippen LogP contribution in [0.5, 0.6) is 0 Å². The fourth-order valence-corrected chi connectivity index (χ4v) is 3.31. The Hall–Kier alpha value is -1.49. The number of halogens is 2. The van der Waals surface area contributed by atoms with Gasteiger partial charge in [-0.15, -0.1) is 0 Å². The van der Waals surface area contributed by atoms with Crippen molar-refractivity contribution >= 4 is 11.6 Å². The maximum Gasteiger partial charge on any atom is 0.270 e. The van der Waals surface area contributed by atoms with Gasteiger partial charge in [0.05, 0.1) is 0 Å². The number of alkyl halides is 2. The predicted octanol–water partition coefficient (Wildman–Crippen LogP) is 5.11. The summed E-state index contributed by atoms with van der Waals surface area (Å²) in [6.45, 7) is 0.843. The van der Waals surface area contributed by atoms with Crippen molar-refractivity contribution in [2.24, 2.45) is 5.92 Å². The number of carbonyl (C=O) groups excluding carboxylic acids is 1. The number of carbonyl (C=O) groups is 1. The molecule has 0 radical (unpaired) electrons. The Kier molecular flexibility index (Phi) is 6.72. The van der Waals surface area contributed by atoms with Crippen molar-refractivity contribution in [3.63, 3.8) is 0 Å². The average molecular weight is 339 g/mol. The van der Waals surface area contributed by atoms with Crippen LogP contribution >= 0.6 is 0 Å². The van der Waals surface area contributed by atoms with E-state index in [0.717, 1.165) is 13.3 Å². The highest BCUT2D eigenvalue weighted by Gasteiger charge is 2.25. The largest absolute Gasteiger partial charge is 0.372 e. The summed E-state index contributed by atoms with van der Waals surface area (Å²) < 4.78 is 32.1. The lowest BCUT2D eigenvalue weighted by Gasteiger charge is -2.23. The minimum Gasteiger partial charge on any atom is -0.372 e. The van der Waals surface area contributed by atoms with Crippen molar-refractivity contribution in [3.05, 3.63) is 29.8 Å². The summed E-state index contributed by atoms with van der Waals surface area (Å²) in [4.78, 5) is 12.4. The van der Waals surface area contributed by atoms with Crippen molar-refractivity contribution in [1.29, 1.82) is 0 Å². The lowest BCUT2D eigenvalue weighted by atomic mass is 9.85. The molecule has 0 heterocycles. The fraction of sp³-hybridized carbons (Fsp3) is 0.632. The van der Waals surface area contributed by atoms with Gasteiger partial charge < -0.3 is 10.1 Å². The number of nitrogens with one attached hydrogen (secondary N) is 1. The number of ether oxygens (including phenoxy) is 1. The van der Waals surface area contributed by atoms with Crippen molar-refractivity contribution in [2.75, 3.05) is 12.4 Å². The summed E-state index contributed by atoms with van der Waals surface area (Å²) in [7, 11) is 1.52. The number of amides is 1. The molecule has 0 bridgehead atoms. The van der Waals surface area contributed by atoms with E-state index in [4.69, 9.17) is 4.74 Å². The van der Waals surface area contributed by atoms with Crippen LogP contribution in [-0.4, -0.2) is 19.1 Å². The first kappa shape index (κ1) is 18.8. The summed E-state index contributed by atoms with van der Waals surface area (Å²) in [5.41, 5.74) is 0.259. The Morgan fingerprint density at radius 2 is 2.04 bits per heavy atom. The van der Waals surface area contributed by atoms with Crippen molar-refractivity contribution in [1.82, 2.24) is 0 Å². The van der Waals surface area contributed by atoms with Gasteiger partial charge in [0.1, 0.15) is 6.10 Å². The van der Waals surface area contributed by atoms with Gasteiger partial charge in [0.2, 0.25) is 0 Å². The van der Waals surface area contributed by atoms with Crippen LogP contribution in [0.4, 0.5) is 14.5 Å². The zero-order chi connectivity index (χ0) is 17.6. The fourth-order valence-electron chi connectivity index (χ4n) is 3.31. The number of benzene rings is 1. The van der Waals surface area contributed by atoms with E-state index in [1.807, 2.05) is 0 Å². The number of anilines is 1. The minimum absolute atomic E-state index is 0.114. The molecule has 1 amide bonds. The molecule has 1 fully saturated rings. The third-order valence-electron chi connectivity index (χ3n) is 4.78. The van der Waals surface area contributed by atoms with Crippen molar-refractivity contribution in [3.8, 4) is 0 Å². The first-order chi connectivity index (χ1) is 11.4. The van der Waals surface area contributed by atoms with Crippen LogP contribution in [0.25, 0.3) is 0 Å². The van der Waals surface area contributed by atoms with E-state index >= 15 is 0 Å². The van der Waals surface area contributed by atoms with E-state index in [1.165, 1.54) is 57.4 Å². The molecule has 1 aromatic carbocycles. The molecular weight excluding hydrogens is 312 g/mol. The van der Waals surface area contributed by atoms with Gasteiger partial charge in [-0.05, 0) is 30.9 Å². The van der Waals surface area contributed by atoms with Crippen LogP contribution in [-0.2, 0) is 15.5 Å². The number of hydrogen-bond donors (Lipinski definition) is 1. The lowest BCUT2D eigenvalue weighted by Crippen LogP contribution is -2.30. The minimum atomic E-state index is -2.93. The first-order valence-electron chi connectivity index (χ1n) is 8.72. The third kappa shape index (κ3) is 5.55. The van der Waals surface area contributed by atoms with Crippen LogP contribution in [0.1, 0.15) is 57.4 Å². The Bertz CT molecular complexity index is 536. The van der Waals surface area contributed by atoms with Gasteiger partial charge >= 0.3 is 0 Å². The van der Waals surface area contributed by atoms with E-state index < -0.39 is 12.0 Å². The Labute approximate surface area is 142 Å². The Morgan fingerprint density at radius 3 is 2.67 bits per heavy atom. The van der Waals surface area contributed by atoms with Crippen LogP contribution in [0, 0.1) is 5.92 Å². The SMILES string of the molecule is COC(CCC1CCCCC1)C(=O)Nc1cccc(C(C)(F)F)c1. The van der Waals surface area contributed by atoms with Crippen molar-refractivity contribution in [2.45, 2.75) is 63.9 Å². The molecule has 5 heteroatoms. The molecule has 3 nitrogen and oxygen atoms in total. The molecule has 1 aliphatic rings. The quantitative estimate of drug-likeness (QED) is 0.749. The molecule has 24 heavy (non-hydrogen) atoms. The molecule has 1 aromatic rings. The van der Waals surface area contributed by atoms with Gasteiger partial charge in [0.15, 0.2) is 0 Å². The van der Waals surface area contributed by atoms with Gasteiger partial charge in [-0.3, -0.25) is 4.79 Å². The third-order valence-corrected chi connectivity index (χ3v) is 4.78. The van der Waals surface area contributed by atoms with E-state index in [9.17, 15) is 13.6 Å². The van der Waals surface area contributed by atoms with E-state index in [1.54, 1.807) is 6.07 Å². The first-order valence-corrected chi connectivity index (χ1v) is 8.72. The lowest BCUT2D eigenvalue weighted by molar-refractivity contribution is -0.126. The van der Waals surface area contributed by atoms with Crippen LogP contribution < -0.4 is 5.32 Å². The molecular formula is C19H27F2NO2. The zero-order valence-corrected chi connectivity index (χ0v) is 14.5. The van der Waals surface area contributed by atoms with Crippen LogP contribution in [0.15, 0.2) is 24.3 Å². The van der Waals surface area contributed by atoms with E-state index in [-0.39, 0.29) is 11.5 Å². The number of rotatable bonds is 7. The van der Waals surface area contributed by atoms with Gasteiger partial charge in [0.25, 0.3) is 11.8 Å². The second-order valence-electron chi connectivity index (χ2n) is 6.76. The monoisotopic (exact) mass is 339 g/mol. The van der Waals surface area contributed by atoms with Crippen LogP contribution in [0.3, 0.4) is 0 Å². The van der Waals surface area contributed by atoms with Gasteiger partial charge in [-0.25, -0.2) is 8.78 Å². The summed E-state index contributed by atoms with van der Waals surface area (Å²) in [6.07, 6.45) is 7.40. The van der Waals surface area contributed by atoms with Crippen molar-refractivity contribution < 1.29 is 18.3 Å².